The average Bonchev–Trinajstić information content (AvgIpc) is 2.97. The molecule has 17 heavy (non-hydrogen) atoms. The van der Waals surface area contributed by atoms with Gasteiger partial charge in [-0.2, -0.15) is 5.10 Å². The van der Waals surface area contributed by atoms with Crippen LogP contribution < -0.4 is 0 Å². The zero-order valence-corrected chi connectivity index (χ0v) is 10.7. The van der Waals surface area contributed by atoms with Crippen LogP contribution in [0.1, 0.15) is 26.2 Å². The lowest BCUT2D eigenvalue weighted by Gasteiger charge is -2.23. The number of methoxy groups -OCH3 is 1. The lowest BCUT2D eigenvalue weighted by molar-refractivity contribution is 0.118. The highest BCUT2D eigenvalue weighted by atomic mass is 16.5. The summed E-state index contributed by atoms with van der Waals surface area (Å²) in [5, 5.41) is 7.01. The summed E-state index contributed by atoms with van der Waals surface area (Å²) >= 11 is 0. The molecule has 0 bridgehead atoms. The summed E-state index contributed by atoms with van der Waals surface area (Å²) in [7, 11) is 1.76. The summed E-state index contributed by atoms with van der Waals surface area (Å²) in [4.78, 5) is 0. The summed E-state index contributed by atoms with van der Waals surface area (Å²) < 4.78 is 5.25. The van der Waals surface area contributed by atoms with Gasteiger partial charge in [0.2, 0.25) is 0 Å². The maximum absolute atomic E-state index is 5.25. The first-order chi connectivity index (χ1) is 8.35. The van der Waals surface area contributed by atoms with Crippen molar-refractivity contribution in [1.82, 2.24) is 5.01 Å². The second-order valence-corrected chi connectivity index (χ2v) is 4.49. The molecule has 1 heterocycles. The molecule has 2 aliphatic rings. The second kappa shape index (κ2) is 6.39. The van der Waals surface area contributed by atoms with Gasteiger partial charge < -0.3 is 4.74 Å². The van der Waals surface area contributed by atoms with Gasteiger partial charge in [-0.25, -0.2) is 0 Å². The average molecular weight is 233 g/mol. The standard InChI is InChI=1S/C14H21N2O/c1-3-14(12-7-4-5-8-12)15-16-10-6-9-13(16)11-17-2/h4-5,7-8,13H,3,6,9-11H2,1-2H3/b15-14+/t13-/m0/s1. The molecule has 1 aliphatic carbocycles. The molecule has 3 heteroatoms. The molecule has 3 nitrogen and oxygen atoms in total. The lowest BCUT2D eigenvalue weighted by Crippen LogP contribution is -2.30. The van der Waals surface area contributed by atoms with Crippen molar-refractivity contribution in [1.29, 1.82) is 0 Å². The van der Waals surface area contributed by atoms with Crippen molar-refractivity contribution in [3.63, 3.8) is 0 Å². The normalized spacial score (nSPS) is 27.1. The monoisotopic (exact) mass is 233 g/mol. The number of rotatable bonds is 5. The first-order valence-corrected chi connectivity index (χ1v) is 6.40. The van der Waals surface area contributed by atoms with E-state index in [9.17, 15) is 0 Å². The van der Waals surface area contributed by atoms with Gasteiger partial charge >= 0.3 is 0 Å². The van der Waals surface area contributed by atoms with E-state index < -0.39 is 0 Å². The molecule has 0 unspecified atom stereocenters. The van der Waals surface area contributed by atoms with Crippen LogP contribution in [0, 0.1) is 31.6 Å². The minimum absolute atomic E-state index is 0.455. The van der Waals surface area contributed by atoms with E-state index in [1.807, 2.05) is 0 Å². The van der Waals surface area contributed by atoms with E-state index in [0.29, 0.717) is 6.04 Å². The first kappa shape index (κ1) is 12.9. The molecule has 0 aromatic rings. The molecule has 0 spiro atoms. The fourth-order valence-electron chi connectivity index (χ4n) is 2.37. The molecule has 2 rings (SSSR count). The van der Waals surface area contributed by atoms with E-state index >= 15 is 0 Å². The summed E-state index contributed by atoms with van der Waals surface area (Å²) in [6.45, 7) is 3.99. The van der Waals surface area contributed by atoms with Gasteiger partial charge in [-0.05, 0) is 44.9 Å². The zero-order valence-electron chi connectivity index (χ0n) is 10.7. The van der Waals surface area contributed by atoms with Gasteiger partial charge in [0, 0.05) is 25.3 Å². The second-order valence-electron chi connectivity index (χ2n) is 4.49. The highest BCUT2D eigenvalue weighted by Crippen LogP contribution is 2.27. The smallest absolute Gasteiger partial charge is 0.0704 e. The molecular formula is C14H21N2O. The van der Waals surface area contributed by atoms with Crippen molar-refractivity contribution >= 4 is 5.71 Å². The Morgan fingerprint density at radius 1 is 1.47 bits per heavy atom. The van der Waals surface area contributed by atoms with Crippen LogP contribution in [0.3, 0.4) is 0 Å². The minimum Gasteiger partial charge on any atom is -0.382 e. The molecular weight excluding hydrogens is 212 g/mol. The molecule has 0 N–H and O–H groups in total. The van der Waals surface area contributed by atoms with Crippen LogP contribution in [0.25, 0.3) is 0 Å². The summed E-state index contributed by atoms with van der Waals surface area (Å²) in [6, 6.07) is 0.455. The molecule has 0 amide bonds. The Kier molecular flexibility index (Phi) is 4.84. The van der Waals surface area contributed by atoms with Crippen molar-refractivity contribution in [3.8, 4) is 0 Å². The van der Waals surface area contributed by atoms with E-state index in [1.165, 1.54) is 24.5 Å². The Balaban J connectivity index is 1.99. The van der Waals surface area contributed by atoms with Crippen LogP contribution in [0.5, 0.6) is 0 Å². The lowest BCUT2D eigenvalue weighted by atomic mass is 10.00. The molecule has 1 atom stereocenters. The van der Waals surface area contributed by atoms with E-state index in [4.69, 9.17) is 9.84 Å². The Morgan fingerprint density at radius 2 is 2.24 bits per heavy atom. The Morgan fingerprint density at radius 3 is 2.88 bits per heavy atom. The Bertz CT molecular complexity index is 259. The van der Waals surface area contributed by atoms with Crippen molar-refractivity contribution in [3.05, 3.63) is 31.6 Å². The third-order valence-corrected chi connectivity index (χ3v) is 3.29. The minimum atomic E-state index is 0.455. The fraction of sp³-hybridized carbons (Fsp3) is 0.571. The van der Waals surface area contributed by atoms with E-state index in [1.54, 1.807) is 7.11 Å². The molecule has 2 fully saturated rings. The highest BCUT2D eigenvalue weighted by molar-refractivity contribution is 6.01. The summed E-state index contributed by atoms with van der Waals surface area (Å²) in [5.41, 5.74) is 1.18. The molecule has 0 aromatic heterocycles. The van der Waals surface area contributed by atoms with E-state index in [0.717, 1.165) is 19.6 Å². The largest absolute Gasteiger partial charge is 0.382 e. The van der Waals surface area contributed by atoms with Gasteiger partial charge in [0.05, 0.1) is 12.6 Å². The number of hydrogen-bond donors (Lipinski definition) is 0. The van der Waals surface area contributed by atoms with E-state index in [-0.39, 0.29) is 0 Å². The molecule has 1 saturated carbocycles. The number of hydrazone groups is 1. The van der Waals surface area contributed by atoms with Crippen LogP contribution in [0.15, 0.2) is 5.10 Å². The van der Waals surface area contributed by atoms with Gasteiger partial charge in [-0.15, -0.1) is 0 Å². The molecule has 5 radical (unpaired) electrons. The van der Waals surface area contributed by atoms with Crippen molar-refractivity contribution in [2.75, 3.05) is 20.3 Å². The predicted octanol–water partition coefficient (Wildman–Crippen LogP) is 2.27. The zero-order chi connectivity index (χ0) is 12.1. The van der Waals surface area contributed by atoms with Crippen molar-refractivity contribution < 1.29 is 4.74 Å². The van der Waals surface area contributed by atoms with Gasteiger partial charge in [-0.1, -0.05) is 6.92 Å². The van der Waals surface area contributed by atoms with Crippen LogP contribution in [0.4, 0.5) is 0 Å². The van der Waals surface area contributed by atoms with E-state index in [2.05, 4.69) is 37.6 Å². The Hall–Kier alpha value is -0.570. The SMILES string of the molecule is CC/C(=N\N1CCC[C@H]1COC)[C]1[CH][CH][CH][CH]1. The van der Waals surface area contributed by atoms with Crippen LogP contribution in [0.2, 0.25) is 0 Å². The van der Waals surface area contributed by atoms with Gasteiger partial charge in [0.15, 0.2) is 0 Å². The molecule has 0 aromatic carbocycles. The maximum Gasteiger partial charge on any atom is 0.0704 e. The fourth-order valence-corrected chi connectivity index (χ4v) is 2.37. The van der Waals surface area contributed by atoms with Crippen LogP contribution in [-0.2, 0) is 4.74 Å². The maximum atomic E-state index is 5.25. The molecule has 93 valence electrons. The van der Waals surface area contributed by atoms with Crippen LogP contribution >= 0.6 is 0 Å². The number of nitrogens with zero attached hydrogens (tertiary/aromatic N) is 2. The van der Waals surface area contributed by atoms with Gasteiger partial charge in [0.1, 0.15) is 0 Å². The highest BCUT2D eigenvalue weighted by Gasteiger charge is 2.26. The molecule has 1 saturated heterocycles. The quantitative estimate of drug-likeness (QED) is 0.680. The van der Waals surface area contributed by atoms with Crippen molar-refractivity contribution in [2.24, 2.45) is 5.10 Å². The third-order valence-electron chi connectivity index (χ3n) is 3.29. The summed E-state index contributed by atoms with van der Waals surface area (Å²) in [5.74, 6) is 1.25. The molecule has 1 aliphatic heterocycles. The summed E-state index contributed by atoms with van der Waals surface area (Å²) in [6.07, 6.45) is 11.8. The first-order valence-electron chi connectivity index (χ1n) is 6.40. The van der Waals surface area contributed by atoms with Crippen molar-refractivity contribution in [2.45, 2.75) is 32.2 Å². The van der Waals surface area contributed by atoms with Crippen LogP contribution in [-0.4, -0.2) is 37.0 Å². The topological polar surface area (TPSA) is 24.8 Å². The van der Waals surface area contributed by atoms with Gasteiger partial charge in [-0.3, -0.25) is 5.01 Å². The number of ether oxygens (including phenoxy) is 1. The Labute approximate surface area is 105 Å². The predicted molar refractivity (Wildman–Crippen MR) is 69.8 cm³/mol. The number of hydrogen-bond acceptors (Lipinski definition) is 3. The third kappa shape index (κ3) is 3.21. The van der Waals surface area contributed by atoms with Gasteiger partial charge in [0.25, 0.3) is 0 Å².